The largest absolute Gasteiger partial charge is 0.497 e. The Kier molecular flexibility index (Phi) is 4.65. The zero-order valence-electron chi connectivity index (χ0n) is 9.42. The fraction of sp³-hybridized carbons (Fsp3) is 0.417. The molecule has 0 aliphatic heterocycles. The lowest BCUT2D eigenvalue weighted by atomic mass is 10.3. The second-order valence-electron chi connectivity index (χ2n) is 3.17. The third-order valence-corrected chi connectivity index (χ3v) is 1.91. The van der Waals surface area contributed by atoms with Gasteiger partial charge in [-0.2, -0.15) is 0 Å². The summed E-state index contributed by atoms with van der Waals surface area (Å²) >= 11 is 0. The van der Waals surface area contributed by atoms with Gasteiger partial charge in [0.25, 0.3) is 0 Å². The van der Waals surface area contributed by atoms with Crippen LogP contribution in [0.15, 0.2) is 12.1 Å². The van der Waals surface area contributed by atoms with E-state index in [2.05, 4.69) is 22.1 Å². The van der Waals surface area contributed by atoms with Crippen molar-refractivity contribution in [3.8, 4) is 17.6 Å². The van der Waals surface area contributed by atoms with Gasteiger partial charge in [0, 0.05) is 24.4 Å². The normalized spacial score (nSPS) is 9.27. The van der Waals surface area contributed by atoms with E-state index in [1.165, 1.54) is 0 Å². The van der Waals surface area contributed by atoms with Crippen LogP contribution in [-0.2, 0) is 6.54 Å². The number of ether oxygens (including phenoxy) is 1. The maximum absolute atomic E-state index is 5.17. The molecule has 1 N–H and O–H groups in total. The molecule has 0 bridgehead atoms. The molecule has 0 saturated heterocycles. The summed E-state index contributed by atoms with van der Waals surface area (Å²) < 4.78 is 5.17. The van der Waals surface area contributed by atoms with E-state index in [-0.39, 0.29) is 0 Å². The molecule has 1 aromatic heterocycles. The van der Waals surface area contributed by atoms with Crippen LogP contribution < -0.4 is 10.1 Å². The summed E-state index contributed by atoms with van der Waals surface area (Å²) in [5, 5.41) is 3.19. The first-order valence-electron chi connectivity index (χ1n) is 4.88. The third-order valence-electron chi connectivity index (χ3n) is 1.91. The first-order chi connectivity index (χ1) is 7.26. The van der Waals surface area contributed by atoms with Gasteiger partial charge in [0.05, 0.1) is 19.3 Å². The van der Waals surface area contributed by atoms with Crippen LogP contribution in [0.1, 0.15) is 18.3 Å². The van der Waals surface area contributed by atoms with Gasteiger partial charge in [0.1, 0.15) is 5.75 Å². The summed E-state index contributed by atoms with van der Waals surface area (Å²) in [6.45, 7) is 5.19. The molecule has 0 amide bonds. The van der Waals surface area contributed by atoms with E-state index < -0.39 is 0 Å². The Hall–Kier alpha value is -1.53. The maximum Gasteiger partial charge on any atom is 0.122 e. The molecule has 0 atom stereocenters. The van der Waals surface area contributed by atoms with Crippen molar-refractivity contribution in [2.45, 2.75) is 20.4 Å². The van der Waals surface area contributed by atoms with Gasteiger partial charge in [0.2, 0.25) is 0 Å². The third kappa shape index (κ3) is 4.01. The van der Waals surface area contributed by atoms with Crippen LogP contribution in [0.4, 0.5) is 0 Å². The molecule has 0 saturated carbocycles. The number of aryl methyl sites for hydroxylation is 1. The SMILES string of the molecule is CC#CCNCc1cc(OC)cc(C)n1. The average Bonchev–Trinajstić information content (AvgIpc) is 2.23. The first-order valence-corrected chi connectivity index (χ1v) is 4.88. The van der Waals surface area contributed by atoms with Crippen molar-refractivity contribution in [1.82, 2.24) is 10.3 Å². The van der Waals surface area contributed by atoms with Crippen LogP contribution in [0.5, 0.6) is 5.75 Å². The van der Waals surface area contributed by atoms with Crippen LogP contribution >= 0.6 is 0 Å². The lowest BCUT2D eigenvalue weighted by Crippen LogP contribution is -2.14. The number of hydrogen-bond acceptors (Lipinski definition) is 3. The van der Waals surface area contributed by atoms with Crippen LogP contribution in [0.25, 0.3) is 0 Å². The standard InChI is InChI=1S/C12H16N2O/c1-4-5-6-13-9-11-8-12(15-3)7-10(2)14-11/h7-8,13H,6,9H2,1-3H3. The minimum atomic E-state index is 0.689. The zero-order chi connectivity index (χ0) is 11.1. The van der Waals surface area contributed by atoms with Gasteiger partial charge in [-0.15, -0.1) is 5.92 Å². The molecule has 3 nitrogen and oxygen atoms in total. The highest BCUT2D eigenvalue weighted by molar-refractivity contribution is 5.26. The second-order valence-corrected chi connectivity index (χ2v) is 3.17. The number of pyridine rings is 1. The summed E-state index contributed by atoms with van der Waals surface area (Å²) in [6, 6.07) is 3.84. The molecule has 0 aromatic carbocycles. The Morgan fingerprint density at radius 3 is 2.93 bits per heavy atom. The number of rotatable bonds is 4. The van der Waals surface area contributed by atoms with E-state index in [0.717, 1.165) is 17.1 Å². The monoisotopic (exact) mass is 204 g/mol. The van der Waals surface area contributed by atoms with E-state index in [9.17, 15) is 0 Å². The molecular weight excluding hydrogens is 188 g/mol. The van der Waals surface area contributed by atoms with E-state index >= 15 is 0 Å². The molecule has 1 rings (SSSR count). The van der Waals surface area contributed by atoms with Crippen molar-refractivity contribution in [2.75, 3.05) is 13.7 Å². The molecule has 0 spiro atoms. The number of aromatic nitrogens is 1. The van der Waals surface area contributed by atoms with Crippen LogP contribution in [-0.4, -0.2) is 18.6 Å². The lowest BCUT2D eigenvalue weighted by molar-refractivity contribution is 0.413. The van der Waals surface area contributed by atoms with Crippen LogP contribution in [0.2, 0.25) is 0 Å². The molecule has 0 unspecified atom stereocenters. The van der Waals surface area contributed by atoms with Gasteiger partial charge in [-0.25, -0.2) is 0 Å². The van der Waals surface area contributed by atoms with Gasteiger partial charge in [0.15, 0.2) is 0 Å². The van der Waals surface area contributed by atoms with Crippen LogP contribution in [0, 0.1) is 18.8 Å². The van der Waals surface area contributed by atoms with Gasteiger partial charge in [-0.05, 0) is 13.8 Å². The lowest BCUT2D eigenvalue weighted by Gasteiger charge is -2.05. The van der Waals surface area contributed by atoms with Gasteiger partial charge >= 0.3 is 0 Å². The Morgan fingerprint density at radius 1 is 1.47 bits per heavy atom. The molecule has 0 radical (unpaired) electrons. The molecule has 0 aliphatic carbocycles. The van der Waals surface area contributed by atoms with E-state index in [1.54, 1.807) is 7.11 Å². The maximum atomic E-state index is 5.17. The molecular formula is C12H16N2O. The Bertz CT molecular complexity index is 377. The predicted octanol–water partition coefficient (Wildman–Crippen LogP) is 1.51. The second kappa shape index (κ2) is 6.05. The molecule has 1 aromatic rings. The summed E-state index contributed by atoms with van der Waals surface area (Å²) in [6.07, 6.45) is 0. The predicted molar refractivity (Wildman–Crippen MR) is 60.7 cm³/mol. The fourth-order valence-corrected chi connectivity index (χ4v) is 1.25. The Morgan fingerprint density at radius 2 is 2.27 bits per heavy atom. The summed E-state index contributed by atoms with van der Waals surface area (Å²) in [7, 11) is 1.66. The minimum absolute atomic E-state index is 0.689. The molecule has 0 fully saturated rings. The Balaban J connectivity index is 2.59. The van der Waals surface area contributed by atoms with Gasteiger partial charge in [-0.3, -0.25) is 4.98 Å². The first kappa shape index (κ1) is 11.5. The van der Waals surface area contributed by atoms with Crippen molar-refractivity contribution in [3.05, 3.63) is 23.5 Å². The van der Waals surface area contributed by atoms with Crippen molar-refractivity contribution >= 4 is 0 Å². The summed E-state index contributed by atoms with van der Waals surface area (Å²) in [5.41, 5.74) is 1.94. The quantitative estimate of drug-likeness (QED) is 0.596. The van der Waals surface area contributed by atoms with Gasteiger partial charge < -0.3 is 10.1 Å². The summed E-state index contributed by atoms with van der Waals surface area (Å²) in [4.78, 5) is 4.39. The highest BCUT2D eigenvalue weighted by Gasteiger charge is 1.99. The average molecular weight is 204 g/mol. The van der Waals surface area contributed by atoms with E-state index in [0.29, 0.717) is 13.1 Å². The van der Waals surface area contributed by atoms with Gasteiger partial charge in [-0.1, -0.05) is 5.92 Å². The highest BCUT2D eigenvalue weighted by atomic mass is 16.5. The van der Waals surface area contributed by atoms with E-state index in [4.69, 9.17) is 4.74 Å². The number of methoxy groups -OCH3 is 1. The highest BCUT2D eigenvalue weighted by Crippen LogP contribution is 2.12. The molecule has 80 valence electrons. The van der Waals surface area contributed by atoms with Crippen molar-refractivity contribution < 1.29 is 4.74 Å². The fourth-order valence-electron chi connectivity index (χ4n) is 1.25. The van der Waals surface area contributed by atoms with Crippen molar-refractivity contribution in [3.63, 3.8) is 0 Å². The molecule has 15 heavy (non-hydrogen) atoms. The molecule has 3 heteroatoms. The summed E-state index contributed by atoms with van der Waals surface area (Å²) in [5.74, 6) is 6.62. The van der Waals surface area contributed by atoms with Crippen molar-refractivity contribution in [2.24, 2.45) is 0 Å². The van der Waals surface area contributed by atoms with Crippen molar-refractivity contribution in [1.29, 1.82) is 0 Å². The zero-order valence-corrected chi connectivity index (χ0v) is 9.42. The smallest absolute Gasteiger partial charge is 0.122 e. The topological polar surface area (TPSA) is 34.1 Å². The Labute approximate surface area is 90.9 Å². The number of nitrogens with zero attached hydrogens (tertiary/aromatic N) is 1. The molecule has 1 heterocycles. The van der Waals surface area contributed by atoms with E-state index in [1.807, 2.05) is 26.0 Å². The minimum Gasteiger partial charge on any atom is -0.497 e. The number of nitrogens with one attached hydrogen (secondary N) is 1. The number of hydrogen-bond donors (Lipinski definition) is 1. The van der Waals surface area contributed by atoms with Crippen LogP contribution in [0.3, 0.4) is 0 Å². The molecule has 0 aliphatic rings.